The van der Waals surface area contributed by atoms with E-state index in [0.717, 1.165) is 30.5 Å². The van der Waals surface area contributed by atoms with Gasteiger partial charge in [-0.3, -0.25) is 4.98 Å². The second kappa shape index (κ2) is 6.28. The van der Waals surface area contributed by atoms with Gasteiger partial charge in [0.15, 0.2) is 0 Å². The van der Waals surface area contributed by atoms with Gasteiger partial charge in [0, 0.05) is 18.4 Å². The lowest BCUT2D eigenvalue weighted by Gasteiger charge is -2.18. The van der Waals surface area contributed by atoms with Crippen LogP contribution < -0.4 is 0 Å². The highest BCUT2D eigenvalue weighted by Crippen LogP contribution is 2.28. The molecule has 0 saturated carbocycles. The van der Waals surface area contributed by atoms with E-state index in [-0.39, 0.29) is 0 Å². The molecule has 1 aliphatic rings. The predicted molar refractivity (Wildman–Crippen MR) is 98.1 cm³/mol. The Kier molecular flexibility index (Phi) is 4.09. The van der Waals surface area contributed by atoms with Crippen LogP contribution in [0, 0.1) is 0 Å². The molecule has 0 spiro atoms. The molecule has 2 aromatic heterocycles. The second-order valence-electron chi connectivity index (χ2n) is 6.62. The maximum Gasteiger partial charge on any atom is 0.268 e. The zero-order valence-corrected chi connectivity index (χ0v) is 15.0. The SMILES string of the molecule is CN1CCC[C@@H]1Cc1cn(S(=O)(=O)c2ccccc2)c2cccnc12. The van der Waals surface area contributed by atoms with Crippen LogP contribution in [0.5, 0.6) is 0 Å². The van der Waals surface area contributed by atoms with E-state index in [1.165, 1.54) is 10.4 Å². The Bertz CT molecular complexity index is 996. The van der Waals surface area contributed by atoms with Gasteiger partial charge in [-0.2, -0.15) is 0 Å². The van der Waals surface area contributed by atoms with Gasteiger partial charge in [-0.15, -0.1) is 0 Å². The largest absolute Gasteiger partial charge is 0.303 e. The number of likely N-dealkylation sites (tertiary alicyclic amines) is 1. The third-order valence-electron chi connectivity index (χ3n) is 5.03. The summed E-state index contributed by atoms with van der Waals surface area (Å²) in [6.07, 6.45) is 6.63. The van der Waals surface area contributed by atoms with Crippen LogP contribution in [0.25, 0.3) is 11.0 Å². The number of hydrogen-bond donors (Lipinski definition) is 0. The fraction of sp³-hybridized carbons (Fsp3) is 0.316. The third kappa shape index (κ3) is 2.85. The molecule has 1 aromatic carbocycles. The van der Waals surface area contributed by atoms with Crippen molar-refractivity contribution in [2.24, 2.45) is 0 Å². The van der Waals surface area contributed by atoms with Crippen molar-refractivity contribution in [3.05, 3.63) is 60.4 Å². The first-order valence-corrected chi connectivity index (χ1v) is 9.97. The number of rotatable bonds is 4. The van der Waals surface area contributed by atoms with Crippen molar-refractivity contribution < 1.29 is 8.42 Å². The molecule has 4 rings (SSSR count). The van der Waals surface area contributed by atoms with E-state index < -0.39 is 10.0 Å². The number of likely N-dealkylation sites (N-methyl/N-ethyl adjacent to an activating group) is 1. The van der Waals surface area contributed by atoms with Crippen LogP contribution in [0.15, 0.2) is 59.8 Å². The Morgan fingerprint density at radius 3 is 2.68 bits per heavy atom. The summed E-state index contributed by atoms with van der Waals surface area (Å²) in [5.74, 6) is 0. The minimum atomic E-state index is -3.63. The van der Waals surface area contributed by atoms with Gasteiger partial charge < -0.3 is 4.90 Å². The third-order valence-corrected chi connectivity index (χ3v) is 6.72. The molecular weight excluding hydrogens is 334 g/mol. The summed E-state index contributed by atoms with van der Waals surface area (Å²) in [7, 11) is -1.50. The van der Waals surface area contributed by atoms with Crippen LogP contribution in [0.1, 0.15) is 18.4 Å². The molecule has 0 radical (unpaired) electrons. The molecule has 5 nitrogen and oxygen atoms in total. The highest BCUT2D eigenvalue weighted by molar-refractivity contribution is 7.90. The van der Waals surface area contributed by atoms with Gasteiger partial charge in [0.05, 0.1) is 15.9 Å². The van der Waals surface area contributed by atoms with Gasteiger partial charge >= 0.3 is 0 Å². The average Bonchev–Trinajstić information content (AvgIpc) is 3.21. The lowest BCUT2D eigenvalue weighted by Crippen LogP contribution is -2.26. The summed E-state index contributed by atoms with van der Waals surface area (Å²) in [5, 5.41) is 0. The molecule has 1 aliphatic heterocycles. The summed E-state index contributed by atoms with van der Waals surface area (Å²) >= 11 is 0. The van der Waals surface area contributed by atoms with E-state index in [0.29, 0.717) is 16.5 Å². The number of nitrogens with zero attached hydrogens (tertiary/aromatic N) is 3. The van der Waals surface area contributed by atoms with E-state index in [9.17, 15) is 8.42 Å². The lowest BCUT2D eigenvalue weighted by molar-refractivity contribution is 0.309. The van der Waals surface area contributed by atoms with Crippen molar-refractivity contribution in [2.75, 3.05) is 13.6 Å². The zero-order chi connectivity index (χ0) is 17.4. The summed E-state index contributed by atoms with van der Waals surface area (Å²) in [5.41, 5.74) is 2.41. The fourth-order valence-corrected chi connectivity index (χ4v) is 5.04. The molecule has 3 aromatic rings. The van der Waals surface area contributed by atoms with E-state index in [1.807, 2.05) is 12.1 Å². The highest BCUT2D eigenvalue weighted by atomic mass is 32.2. The lowest BCUT2D eigenvalue weighted by atomic mass is 10.1. The molecule has 1 fully saturated rings. The van der Waals surface area contributed by atoms with Gasteiger partial charge in [-0.1, -0.05) is 18.2 Å². The zero-order valence-electron chi connectivity index (χ0n) is 14.2. The first kappa shape index (κ1) is 16.3. The van der Waals surface area contributed by atoms with Crippen LogP contribution in [0.4, 0.5) is 0 Å². The maximum absolute atomic E-state index is 13.1. The Balaban J connectivity index is 1.83. The Morgan fingerprint density at radius 1 is 1.16 bits per heavy atom. The number of benzene rings is 1. The van der Waals surface area contributed by atoms with E-state index in [1.54, 1.807) is 42.7 Å². The smallest absolute Gasteiger partial charge is 0.268 e. The molecule has 0 unspecified atom stereocenters. The van der Waals surface area contributed by atoms with Crippen molar-refractivity contribution in [1.29, 1.82) is 0 Å². The summed E-state index contributed by atoms with van der Waals surface area (Å²) in [6, 6.07) is 12.6. The molecule has 0 N–H and O–H groups in total. The quantitative estimate of drug-likeness (QED) is 0.722. The molecule has 6 heteroatoms. The number of aromatic nitrogens is 2. The molecular formula is C19H21N3O2S. The Hall–Kier alpha value is -2.18. The van der Waals surface area contributed by atoms with Crippen LogP contribution in [-0.4, -0.2) is 41.9 Å². The monoisotopic (exact) mass is 355 g/mol. The molecule has 1 atom stereocenters. The molecule has 0 aliphatic carbocycles. The molecule has 130 valence electrons. The number of pyridine rings is 1. The predicted octanol–water partition coefficient (Wildman–Crippen LogP) is 2.91. The number of hydrogen-bond acceptors (Lipinski definition) is 4. The van der Waals surface area contributed by atoms with Crippen molar-refractivity contribution in [3.63, 3.8) is 0 Å². The summed E-state index contributed by atoms with van der Waals surface area (Å²) in [6.45, 7) is 1.10. The Labute approximate surface area is 148 Å². The van der Waals surface area contributed by atoms with Crippen LogP contribution >= 0.6 is 0 Å². The van der Waals surface area contributed by atoms with Crippen LogP contribution in [0.2, 0.25) is 0 Å². The standard InChI is InChI=1S/C19H21N3O2S/c1-21-12-6-7-16(21)13-15-14-22(18-10-5-11-20-19(15)18)25(23,24)17-8-3-2-4-9-17/h2-5,8-11,14,16H,6-7,12-13H2,1H3/t16-/m1/s1. The van der Waals surface area contributed by atoms with Crippen LogP contribution in [-0.2, 0) is 16.4 Å². The van der Waals surface area contributed by atoms with Crippen molar-refractivity contribution >= 4 is 21.1 Å². The summed E-state index contributed by atoms with van der Waals surface area (Å²) in [4.78, 5) is 7.11. The van der Waals surface area contributed by atoms with Gasteiger partial charge in [0.2, 0.25) is 0 Å². The average molecular weight is 355 g/mol. The second-order valence-corrected chi connectivity index (χ2v) is 8.44. The molecule has 0 bridgehead atoms. The Morgan fingerprint density at radius 2 is 1.96 bits per heavy atom. The maximum atomic E-state index is 13.1. The normalized spacial score (nSPS) is 18.8. The van der Waals surface area contributed by atoms with Gasteiger partial charge in [-0.05, 0) is 62.7 Å². The van der Waals surface area contributed by atoms with Crippen molar-refractivity contribution in [2.45, 2.75) is 30.2 Å². The topological polar surface area (TPSA) is 55.2 Å². The molecule has 3 heterocycles. The van der Waals surface area contributed by atoms with Gasteiger partial charge in [0.25, 0.3) is 10.0 Å². The van der Waals surface area contributed by atoms with E-state index in [4.69, 9.17) is 0 Å². The number of fused-ring (bicyclic) bond motifs is 1. The first-order valence-electron chi connectivity index (χ1n) is 8.53. The minimum absolute atomic E-state index is 0.292. The minimum Gasteiger partial charge on any atom is -0.303 e. The van der Waals surface area contributed by atoms with E-state index >= 15 is 0 Å². The van der Waals surface area contributed by atoms with E-state index in [2.05, 4.69) is 16.9 Å². The molecule has 0 amide bonds. The summed E-state index contributed by atoms with van der Waals surface area (Å²) < 4.78 is 27.6. The fourth-order valence-electron chi connectivity index (χ4n) is 3.64. The molecule has 25 heavy (non-hydrogen) atoms. The highest BCUT2D eigenvalue weighted by Gasteiger charge is 2.26. The van der Waals surface area contributed by atoms with Crippen molar-refractivity contribution in [1.82, 2.24) is 13.9 Å². The first-order chi connectivity index (χ1) is 12.1. The molecule has 1 saturated heterocycles. The van der Waals surface area contributed by atoms with Crippen LogP contribution in [0.3, 0.4) is 0 Å². The van der Waals surface area contributed by atoms with Gasteiger partial charge in [0.1, 0.15) is 0 Å². The van der Waals surface area contributed by atoms with Gasteiger partial charge in [-0.25, -0.2) is 12.4 Å². The van der Waals surface area contributed by atoms with Crippen molar-refractivity contribution in [3.8, 4) is 0 Å².